The van der Waals surface area contributed by atoms with E-state index in [1.54, 1.807) is 0 Å². The van der Waals surface area contributed by atoms with Gasteiger partial charge in [-0.15, -0.1) is 0 Å². The van der Waals surface area contributed by atoms with Crippen molar-refractivity contribution in [2.24, 2.45) is 5.73 Å². The van der Waals surface area contributed by atoms with Crippen molar-refractivity contribution < 1.29 is 19.2 Å². The normalized spacial score (nSPS) is 9.56. The molecule has 0 fully saturated rings. The third kappa shape index (κ3) is 1.97. The zero-order chi connectivity index (χ0) is 12.3. The molecule has 1 rings (SSSR count). The van der Waals surface area contributed by atoms with Gasteiger partial charge in [0.2, 0.25) is 0 Å². The summed E-state index contributed by atoms with van der Waals surface area (Å²) < 4.78 is 4.78. The van der Waals surface area contributed by atoms with Crippen LogP contribution in [-0.4, -0.2) is 24.2 Å². The van der Waals surface area contributed by atoms with E-state index in [-0.39, 0.29) is 16.9 Å². The Morgan fingerprint density at radius 3 is 2.56 bits per heavy atom. The molecule has 1 aromatic carbocycles. The first-order chi connectivity index (χ1) is 7.51. The molecule has 0 aliphatic carbocycles. The Bertz CT molecular complexity index is 469. The van der Waals surface area contributed by atoms with E-state index >= 15 is 0 Å². The number of methoxy groups -OCH3 is 1. The van der Waals surface area contributed by atoms with E-state index in [4.69, 9.17) is 10.5 Å². The number of nitro groups is 1. The summed E-state index contributed by atoms with van der Waals surface area (Å²) in [6, 6.07) is 2.18. The van der Waals surface area contributed by atoms with Crippen LogP contribution in [0.15, 0.2) is 12.1 Å². The molecule has 1 aromatic rings. The van der Waals surface area contributed by atoms with Gasteiger partial charge >= 0.3 is 0 Å². The third-order valence-corrected chi connectivity index (χ3v) is 1.90. The molecule has 0 saturated heterocycles. The molecular weight excluding hydrogens is 216 g/mol. The van der Waals surface area contributed by atoms with Gasteiger partial charge in [0.1, 0.15) is 12.0 Å². The fraction of sp³-hybridized carbons (Fsp3) is 0.111. The van der Waals surface area contributed by atoms with Gasteiger partial charge in [-0.3, -0.25) is 19.7 Å². The van der Waals surface area contributed by atoms with Crippen LogP contribution in [0.2, 0.25) is 0 Å². The van der Waals surface area contributed by atoms with E-state index in [2.05, 4.69) is 0 Å². The molecule has 0 atom stereocenters. The van der Waals surface area contributed by atoms with Crippen LogP contribution in [0.5, 0.6) is 5.75 Å². The second-order valence-electron chi connectivity index (χ2n) is 2.86. The number of nitrogens with zero attached hydrogens (tertiary/aromatic N) is 1. The predicted molar refractivity (Wildman–Crippen MR) is 53.6 cm³/mol. The van der Waals surface area contributed by atoms with E-state index in [1.165, 1.54) is 13.2 Å². The van der Waals surface area contributed by atoms with Crippen LogP contribution in [0.3, 0.4) is 0 Å². The Balaban J connectivity index is 3.59. The lowest BCUT2D eigenvalue weighted by atomic mass is 10.1. The van der Waals surface area contributed by atoms with Crippen LogP contribution in [-0.2, 0) is 0 Å². The van der Waals surface area contributed by atoms with Gasteiger partial charge < -0.3 is 10.5 Å². The number of carbonyl (C=O) groups excluding carboxylic acids is 2. The molecule has 0 spiro atoms. The number of nitro benzene ring substituents is 1. The number of hydrogen-bond donors (Lipinski definition) is 1. The Morgan fingerprint density at radius 2 is 2.19 bits per heavy atom. The summed E-state index contributed by atoms with van der Waals surface area (Å²) in [6.45, 7) is 0. The largest absolute Gasteiger partial charge is 0.496 e. The monoisotopic (exact) mass is 224 g/mol. The molecule has 7 nitrogen and oxygen atoms in total. The Hall–Kier alpha value is -2.44. The number of primary amides is 1. The van der Waals surface area contributed by atoms with Crippen LogP contribution in [0.25, 0.3) is 0 Å². The SMILES string of the molecule is COc1cc(C=O)cc([N+](=O)[O-])c1C(N)=O. The fourth-order valence-corrected chi connectivity index (χ4v) is 1.24. The van der Waals surface area contributed by atoms with Crippen molar-refractivity contribution in [3.05, 3.63) is 33.4 Å². The van der Waals surface area contributed by atoms with Gasteiger partial charge in [0.25, 0.3) is 11.6 Å². The molecule has 0 saturated carbocycles. The summed E-state index contributed by atoms with van der Waals surface area (Å²) >= 11 is 0. The molecule has 7 heteroatoms. The highest BCUT2D eigenvalue weighted by Crippen LogP contribution is 2.29. The number of hydrogen-bond acceptors (Lipinski definition) is 5. The van der Waals surface area contributed by atoms with Crippen molar-refractivity contribution >= 4 is 17.9 Å². The zero-order valence-corrected chi connectivity index (χ0v) is 8.30. The lowest BCUT2D eigenvalue weighted by Crippen LogP contribution is -2.15. The minimum absolute atomic E-state index is 0.0357. The van der Waals surface area contributed by atoms with Crippen molar-refractivity contribution in [3.63, 3.8) is 0 Å². The van der Waals surface area contributed by atoms with E-state index in [0.29, 0.717) is 6.29 Å². The summed E-state index contributed by atoms with van der Waals surface area (Å²) in [5.74, 6) is -1.08. The highest BCUT2D eigenvalue weighted by molar-refractivity contribution is 6.01. The Labute approximate surface area is 90.0 Å². The van der Waals surface area contributed by atoms with Crippen LogP contribution in [0.4, 0.5) is 5.69 Å². The number of ether oxygens (including phenoxy) is 1. The minimum atomic E-state index is -0.985. The minimum Gasteiger partial charge on any atom is -0.496 e. The third-order valence-electron chi connectivity index (χ3n) is 1.90. The van der Waals surface area contributed by atoms with Crippen LogP contribution in [0, 0.1) is 10.1 Å². The van der Waals surface area contributed by atoms with E-state index in [9.17, 15) is 19.7 Å². The van der Waals surface area contributed by atoms with E-state index < -0.39 is 16.5 Å². The van der Waals surface area contributed by atoms with Crippen molar-refractivity contribution in [1.29, 1.82) is 0 Å². The number of rotatable bonds is 4. The molecule has 84 valence electrons. The van der Waals surface area contributed by atoms with Crippen molar-refractivity contribution in [2.75, 3.05) is 7.11 Å². The molecule has 0 aliphatic heterocycles. The summed E-state index contributed by atoms with van der Waals surface area (Å²) in [5, 5.41) is 10.7. The Kier molecular flexibility index (Phi) is 3.19. The predicted octanol–water partition coefficient (Wildman–Crippen LogP) is 0.515. The molecule has 1 amide bonds. The van der Waals surface area contributed by atoms with Gasteiger partial charge in [-0.1, -0.05) is 0 Å². The molecular formula is C9H8N2O5. The smallest absolute Gasteiger partial charge is 0.286 e. The quantitative estimate of drug-likeness (QED) is 0.455. The topological polar surface area (TPSA) is 113 Å². The van der Waals surface area contributed by atoms with Gasteiger partial charge in [-0.2, -0.15) is 0 Å². The van der Waals surface area contributed by atoms with Crippen molar-refractivity contribution in [3.8, 4) is 5.75 Å². The summed E-state index contributed by atoms with van der Waals surface area (Å²) in [6.07, 6.45) is 0.417. The Morgan fingerprint density at radius 1 is 1.56 bits per heavy atom. The lowest BCUT2D eigenvalue weighted by molar-refractivity contribution is -0.385. The molecule has 16 heavy (non-hydrogen) atoms. The molecule has 0 heterocycles. The molecule has 0 radical (unpaired) electrons. The van der Waals surface area contributed by atoms with Gasteiger partial charge in [0.15, 0.2) is 5.56 Å². The van der Waals surface area contributed by atoms with Crippen LogP contribution < -0.4 is 10.5 Å². The van der Waals surface area contributed by atoms with Crippen LogP contribution >= 0.6 is 0 Å². The average Bonchev–Trinajstić information content (AvgIpc) is 2.26. The molecule has 0 aliphatic rings. The highest BCUT2D eigenvalue weighted by Gasteiger charge is 2.24. The number of carbonyl (C=O) groups is 2. The number of benzene rings is 1. The lowest BCUT2D eigenvalue weighted by Gasteiger charge is -2.06. The maximum absolute atomic E-state index is 11.1. The maximum Gasteiger partial charge on any atom is 0.286 e. The van der Waals surface area contributed by atoms with E-state index in [1.807, 2.05) is 0 Å². The van der Waals surface area contributed by atoms with Gasteiger partial charge in [-0.05, 0) is 6.07 Å². The summed E-state index contributed by atoms with van der Waals surface area (Å²) in [5.41, 5.74) is 4.15. The maximum atomic E-state index is 11.1. The van der Waals surface area contributed by atoms with Crippen molar-refractivity contribution in [1.82, 2.24) is 0 Å². The molecule has 0 aromatic heterocycles. The second-order valence-corrected chi connectivity index (χ2v) is 2.86. The summed E-state index contributed by atoms with van der Waals surface area (Å²) in [4.78, 5) is 31.5. The average molecular weight is 224 g/mol. The number of amides is 1. The zero-order valence-electron chi connectivity index (χ0n) is 8.30. The van der Waals surface area contributed by atoms with Crippen molar-refractivity contribution in [2.45, 2.75) is 0 Å². The number of aldehydes is 1. The van der Waals surface area contributed by atoms with Crippen LogP contribution in [0.1, 0.15) is 20.7 Å². The molecule has 2 N–H and O–H groups in total. The standard InChI is InChI=1S/C9H8N2O5/c1-16-7-3-5(4-12)2-6(11(14)15)8(7)9(10)13/h2-4H,1H3,(H2,10,13). The first kappa shape index (κ1) is 11.6. The fourth-order valence-electron chi connectivity index (χ4n) is 1.24. The van der Waals surface area contributed by atoms with Gasteiger partial charge in [0.05, 0.1) is 12.0 Å². The van der Waals surface area contributed by atoms with E-state index in [0.717, 1.165) is 6.07 Å². The van der Waals surface area contributed by atoms with Gasteiger partial charge in [-0.25, -0.2) is 0 Å². The summed E-state index contributed by atoms with van der Waals surface area (Å²) in [7, 11) is 1.22. The second kappa shape index (κ2) is 4.39. The van der Waals surface area contributed by atoms with Gasteiger partial charge in [0, 0.05) is 11.6 Å². The first-order valence-electron chi connectivity index (χ1n) is 4.12. The molecule has 0 unspecified atom stereocenters. The number of nitrogens with two attached hydrogens (primary N) is 1. The first-order valence-corrected chi connectivity index (χ1v) is 4.12. The highest BCUT2D eigenvalue weighted by atomic mass is 16.6. The molecule has 0 bridgehead atoms.